The van der Waals surface area contributed by atoms with Crippen molar-refractivity contribution in [3.8, 4) is 0 Å². The summed E-state index contributed by atoms with van der Waals surface area (Å²) >= 11 is 0. The highest BCUT2D eigenvalue weighted by molar-refractivity contribution is 7.67. The normalized spacial score (nSPS) is 19.7. The summed E-state index contributed by atoms with van der Waals surface area (Å²) in [7, 11) is -3.22. The van der Waals surface area contributed by atoms with E-state index in [1.807, 2.05) is 0 Å². The number of carbonyl (C=O) groups excluding carboxylic acids is 2. The lowest BCUT2D eigenvalue weighted by molar-refractivity contribution is -0.164. The molecule has 0 saturated carbocycles. The van der Waals surface area contributed by atoms with Crippen LogP contribution < -0.4 is 0 Å². The van der Waals surface area contributed by atoms with Crippen LogP contribution in [0, 0.1) is 5.92 Å². The van der Waals surface area contributed by atoms with Crippen molar-refractivity contribution in [2.24, 2.45) is 5.92 Å². The van der Waals surface area contributed by atoms with Gasteiger partial charge in [-0.25, -0.2) is 8.42 Å². The summed E-state index contributed by atoms with van der Waals surface area (Å²) in [4.78, 5) is 23.1. The Bertz CT molecular complexity index is 386. The monoisotopic (exact) mass is 291 g/mol. The molecule has 1 heterocycles. The number of hydroxylamine groups is 2. The molecule has 19 heavy (non-hydrogen) atoms. The van der Waals surface area contributed by atoms with E-state index in [-0.39, 0.29) is 6.42 Å². The first kappa shape index (κ1) is 16.1. The minimum atomic E-state index is -3.22. The standard InChI is InChI=1S/C12H21NO5S/c1-2-3-4-5-6-7-8-10-9-11(14)13(12(10)15)18-19(16)17/h10,19H,2-9H2,1H3. The summed E-state index contributed by atoms with van der Waals surface area (Å²) in [6, 6.07) is 0. The number of unbranched alkanes of at least 4 members (excludes halogenated alkanes) is 5. The molecule has 6 nitrogen and oxygen atoms in total. The van der Waals surface area contributed by atoms with E-state index in [1.54, 1.807) is 0 Å². The van der Waals surface area contributed by atoms with Crippen LogP contribution in [0.4, 0.5) is 0 Å². The Labute approximate surface area is 115 Å². The van der Waals surface area contributed by atoms with Crippen LogP contribution in [0.1, 0.15) is 58.3 Å². The summed E-state index contributed by atoms with van der Waals surface area (Å²) in [6.07, 6.45) is 7.33. The highest BCUT2D eigenvalue weighted by atomic mass is 32.2. The van der Waals surface area contributed by atoms with Crippen LogP contribution in [0.5, 0.6) is 0 Å². The van der Waals surface area contributed by atoms with E-state index in [0.717, 1.165) is 19.3 Å². The van der Waals surface area contributed by atoms with Gasteiger partial charge in [0.1, 0.15) is 0 Å². The van der Waals surface area contributed by atoms with Gasteiger partial charge in [-0.15, -0.1) is 9.35 Å². The molecular weight excluding hydrogens is 270 g/mol. The van der Waals surface area contributed by atoms with Crippen LogP contribution in [-0.2, 0) is 24.9 Å². The van der Waals surface area contributed by atoms with Gasteiger partial charge < -0.3 is 0 Å². The fraction of sp³-hybridized carbons (Fsp3) is 0.833. The number of hydrogen-bond acceptors (Lipinski definition) is 5. The molecule has 0 aliphatic carbocycles. The second kappa shape index (κ2) is 8.27. The molecule has 7 heteroatoms. The van der Waals surface area contributed by atoms with Crippen molar-refractivity contribution in [2.75, 3.05) is 0 Å². The lowest BCUT2D eigenvalue weighted by atomic mass is 9.99. The Morgan fingerprint density at radius 2 is 1.79 bits per heavy atom. The molecule has 0 radical (unpaired) electrons. The first-order chi connectivity index (χ1) is 9.06. The minimum absolute atomic E-state index is 0.0525. The lowest BCUT2D eigenvalue weighted by Gasteiger charge is -2.09. The van der Waals surface area contributed by atoms with Gasteiger partial charge in [0.2, 0.25) is 0 Å². The van der Waals surface area contributed by atoms with Crippen molar-refractivity contribution in [2.45, 2.75) is 58.3 Å². The minimum Gasteiger partial charge on any atom is -0.272 e. The molecule has 1 atom stereocenters. The fourth-order valence-corrected chi connectivity index (χ4v) is 2.52. The first-order valence-electron chi connectivity index (χ1n) is 6.75. The maximum atomic E-state index is 11.7. The Balaban J connectivity index is 2.28. The van der Waals surface area contributed by atoms with Gasteiger partial charge in [0.25, 0.3) is 22.8 Å². The van der Waals surface area contributed by atoms with E-state index < -0.39 is 28.7 Å². The number of carbonyl (C=O) groups is 2. The molecule has 1 aliphatic rings. The largest absolute Gasteiger partial charge is 0.278 e. The van der Waals surface area contributed by atoms with Gasteiger partial charge in [0, 0.05) is 12.3 Å². The van der Waals surface area contributed by atoms with Crippen LogP contribution in [-0.4, -0.2) is 25.3 Å². The topological polar surface area (TPSA) is 80.8 Å². The summed E-state index contributed by atoms with van der Waals surface area (Å²) in [6.45, 7) is 2.15. The predicted molar refractivity (Wildman–Crippen MR) is 69.4 cm³/mol. The van der Waals surface area contributed by atoms with E-state index in [0.29, 0.717) is 11.5 Å². The van der Waals surface area contributed by atoms with Gasteiger partial charge in [-0.2, -0.15) is 0 Å². The van der Waals surface area contributed by atoms with Gasteiger partial charge in [-0.1, -0.05) is 45.4 Å². The third kappa shape index (κ3) is 5.28. The molecule has 2 amide bonds. The number of hydrogen-bond donors (Lipinski definition) is 1. The molecule has 1 rings (SSSR count). The molecule has 0 aromatic carbocycles. The van der Waals surface area contributed by atoms with Crippen molar-refractivity contribution in [1.29, 1.82) is 0 Å². The van der Waals surface area contributed by atoms with Crippen LogP contribution in [0.2, 0.25) is 0 Å². The van der Waals surface area contributed by atoms with Gasteiger partial charge in [-0.3, -0.25) is 9.59 Å². The SMILES string of the molecule is CCCCCCCCC1CC(=O)N(O[SH](=O)=O)C1=O. The average Bonchev–Trinajstić information content (AvgIpc) is 2.61. The van der Waals surface area contributed by atoms with Gasteiger partial charge in [-0.05, 0) is 6.42 Å². The summed E-state index contributed by atoms with van der Waals surface area (Å²) in [5.41, 5.74) is 0. The summed E-state index contributed by atoms with van der Waals surface area (Å²) in [5, 5.41) is 0.382. The Morgan fingerprint density at radius 3 is 2.42 bits per heavy atom. The number of rotatable bonds is 9. The Hall–Kier alpha value is -0.950. The Morgan fingerprint density at radius 1 is 1.16 bits per heavy atom. The van der Waals surface area contributed by atoms with Gasteiger partial charge in [0.15, 0.2) is 0 Å². The van der Waals surface area contributed by atoms with Crippen molar-refractivity contribution < 1.29 is 22.3 Å². The third-order valence-corrected chi connectivity index (χ3v) is 3.55. The maximum absolute atomic E-state index is 11.7. The van der Waals surface area contributed by atoms with E-state index >= 15 is 0 Å². The smallest absolute Gasteiger partial charge is 0.272 e. The van der Waals surface area contributed by atoms with Crippen molar-refractivity contribution in [3.63, 3.8) is 0 Å². The lowest BCUT2D eigenvalue weighted by Crippen LogP contribution is -2.30. The van der Waals surface area contributed by atoms with Crippen molar-refractivity contribution >= 4 is 22.8 Å². The molecule has 0 bridgehead atoms. The van der Waals surface area contributed by atoms with E-state index in [2.05, 4.69) is 11.2 Å². The van der Waals surface area contributed by atoms with Crippen LogP contribution in [0.15, 0.2) is 0 Å². The molecule has 0 spiro atoms. The highest BCUT2D eigenvalue weighted by Gasteiger charge is 2.40. The van der Waals surface area contributed by atoms with Crippen LogP contribution in [0.25, 0.3) is 0 Å². The molecule has 1 aliphatic heterocycles. The zero-order valence-electron chi connectivity index (χ0n) is 11.2. The van der Waals surface area contributed by atoms with Crippen molar-refractivity contribution in [1.82, 2.24) is 5.06 Å². The fourth-order valence-electron chi connectivity index (χ4n) is 2.22. The van der Waals surface area contributed by atoms with Gasteiger partial charge in [0.05, 0.1) is 0 Å². The first-order valence-corrected chi connectivity index (χ1v) is 7.85. The molecular formula is C12H21NO5S. The van der Waals surface area contributed by atoms with E-state index in [4.69, 9.17) is 0 Å². The zero-order valence-corrected chi connectivity index (χ0v) is 12.1. The maximum Gasteiger partial charge on any atom is 0.278 e. The second-order valence-corrected chi connectivity index (χ2v) is 5.40. The molecule has 1 saturated heterocycles. The summed E-state index contributed by atoms with van der Waals surface area (Å²) in [5.74, 6) is -1.52. The van der Waals surface area contributed by atoms with Crippen LogP contribution >= 0.6 is 0 Å². The predicted octanol–water partition coefficient (Wildman–Crippen LogP) is 1.57. The number of amides is 2. The number of thiol groups is 1. The average molecular weight is 291 g/mol. The van der Waals surface area contributed by atoms with E-state index in [9.17, 15) is 18.0 Å². The van der Waals surface area contributed by atoms with Gasteiger partial charge >= 0.3 is 0 Å². The zero-order chi connectivity index (χ0) is 14.3. The molecule has 0 aromatic rings. The second-order valence-electron chi connectivity index (χ2n) is 4.79. The molecule has 1 unspecified atom stereocenters. The summed E-state index contributed by atoms with van der Waals surface area (Å²) < 4.78 is 25.0. The molecule has 110 valence electrons. The molecule has 1 fully saturated rings. The Kier molecular flexibility index (Phi) is 7.01. The molecule has 0 N–H and O–H groups in total. The quantitative estimate of drug-likeness (QED) is 0.396. The van der Waals surface area contributed by atoms with Crippen molar-refractivity contribution in [3.05, 3.63) is 0 Å². The third-order valence-electron chi connectivity index (χ3n) is 3.25. The molecule has 0 aromatic heterocycles. The van der Waals surface area contributed by atoms with Crippen LogP contribution in [0.3, 0.4) is 0 Å². The number of nitrogens with zero attached hydrogens (tertiary/aromatic N) is 1. The van der Waals surface area contributed by atoms with E-state index in [1.165, 1.54) is 19.3 Å². The highest BCUT2D eigenvalue weighted by Crippen LogP contribution is 2.25. The number of imide groups is 1.